The lowest BCUT2D eigenvalue weighted by molar-refractivity contribution is -0.124. The van der Waals surface area contributed by atoms with Crippen molar-refractivity contribution < 1.29 is 4.79 Å². The number of amides is 1. The predicted octanol–water partition coefficient (Wildman–Crippen LogP) is 2.26. The Morgan fingerprint density at radius 1 is 1.53 bits per heavy atom. The highest BCUT2D eigenvalue weighted by atomic mass is 35.5. The summed E-state index contributed by atoms with van der Waals surface area (Å²) < 4.78 is 0. The Morgan fingerprint density at radius 2 is 2.29 bits per heavy atom. The Morgan fingerprint density at radius 3 is 3.00 bits per heavy atom. The smallest absolute Gasteiger partial charge is 0.223 e. The zero-order chi connectivity index (χ0) is 12.4. The lowest BCUT2D eigenvalue weighted by atomic mass is 9.96. The fraction of sp³-hybridized carbons (Fsp3) is 0.462. The van der Waals surface area contributed by atoms with Crippen molar-refractivity contribution in [1.82, 2.24) is 10.6 Å². The van der Waals surface area contributed by atoms with Gasteiger partial charge in [0.2, 0.25) is 5.91 Å². The molecule has 1 aromatic carbocycles. The van der Waals surface area contributed by atoms with Gasteiger partial charge in [-0.2, -0.15) is 0 Å². The van der Waals surface area contributed by atoms with Crippen LogP contribution in [0.15, 0.2) is 18.2 Å². The molecule has 4 heteroatoms. The molecular formula is C13H17ClN2O. The summed E-state index contributed by atoms with van der Waals surface area (Å²) in [6.07, 6.45) is 0. The van der Waals surface area contributed by atoms with Crippen molar-refractivity contribution in [3.05, 3.63) is 34.3 Å². The van der Waals surface area contributed by atoms with E-state index in [4.69, 9.17) is 11.6 Å². The third kappa shape index (κ3) is 2.79. The van der Waals surface area contributed by atoms with Gasteiger partial charge in [-0.1, -0.05) is 31.5 Å². The molecule has 2 rings (SSSR count). The van der Waals surface area contributed by atoms with Crippen LogP contribution in [0.1, 0.15) is 31.0 Å². The Kier molecular flexibility index (Phi) is 3.69. The molecule has 17 heavy (non-hydrogen) atoms. The van der Waals surface area contributed by atoms with E-state index in [1.165, 1.54) is 5.56 Å². The molecule has 0 aromatic heterocycles. The molecule has 3 nitrogen and oxygen atoms in total. The fourth-order valence-corrected chi connectivity index (χ4v) is 2.19. The molecule has 0 fully saturated rings. The SMILES string of the molecule is CC(C)C(=O)NC1CNCc2cc(Cl)ccc21. The molecule has 1 amide bonds. The van der Waals surface area contributed by atoms with E-state index in [0.29, 0.717) is 0 Å². The van der Waals surface area contributed by atoms with Gasteiger partial charge in [-0.25, -0.2) is 0 Å². The second-order valence-corrected chi connectivity index (χ2v) is 5.13. The summed E-state index contributed by atoms with van der Waals surface area (Å²) in [5, 5.41) is 7.08. The van der Waals surface area contributed by atoms with E-state index in [1.807, 2.05) is 32.0 Å². The minimum absolute atomic E-state index is 0.00711. The second kappa shape index (κ2) is 5.07. The molecule has 0 bridgehead atoms. The quantitative estimate of drug-likeness (QED) is 0.848. The maximum Gasteiger partial charge on any atom is 0.223 e. The molecule has 92 valence electrons. The lowest BCUT2D eigenvalue weighted by Crippen LogP contribution is -2.40. The molecular weight excluding hydrogens is 236 g/mol. The third-order valence-corrected chi connectivity index (χ3v) is 3.22. The van der Waals surface area contributed by atoms with Crippen molar-refractivity contribution in [3.63, 3.8) is 0 Å². The van der Waals surface area contributed by atoms with E-state index in [2.05, 4.69) is 10.6 Å². The molecule has 1 aromatic rings. The van der Waals surface area contributed by atoms with Crippen LogP contribution in [0.3, 0.4) is 0 Å². The Labute approximate surface area is 107 Å². The minimum atomic E-state index is 0.00711. The Bertz CT molecular complexity index is 431. The van der Waals surface area contributed by atoms with Gasteiger partial charge in [0.25, 0.3) is 0 Å². The first-order valence-corrected chi connectivity index (χ1v) is 6.25. The van der Waals surface area contributed by atoms with Gasteiger partial charge in [-0.15, -0.1) is 0 Å². The number of halogens is 1. The van der Waals surface area contributed by atoms with Crippen LogP contribution in [0.2, 0.25) is 5.02 Å². The number of rotatable bonds is 2. The van der Waals surface area contributed by atoms with E-state index in [9.17, 15) is 4.79 Å². The number of hydrogen-bond donors (Lipinski definition) is 2. The summed E-state index contributed by atoms with van der Waals surface area (Å²) >= 11 is 5.97. The van der Waals surface area contributed by atoms with E-state index in [-0.39, 0.29) is 17.9 Å². The van der Waals surface area contributed by atoms with Crippen LogP contribution < -0.4 is 10.6 Å². The van der Waals surface area contributed by atoms with E-state index < -0.39 is 0 Å². The summed E-state index contributed by atoms with van der Waals surface area (Å²) in [6.45, 7) is 5.37. The van der Waals surface area contributed by atoms with Crippen LogP contribution in [0.5, 0.6) is 0 Å². The highest BCUT2D eigenvalue weighted by Gasteiger charge is 2.22. The predicted molar refractivity (Wildman–Crippen MR) is 68.9 cm³/mol. The molecule has 1 heterocycles. The van der Waals surface area contributed by atoms with Gasteiger partial charge in [0.05, 0.1) is 6.04 Å². The number of carbonyl (C=O) groups excluding carboxylic acids is 1. The second-order valence-electron chi connectivity index (χ2n) is 4.69. The zero-order valence-electron chi connectivity index (χ0n) is 10.1. The molecule has 1 aliphatic heterocycles. The summed E-state index contributed by atoms with van der Waals surface area (Å²) in [4.78, 5) is 11.7. The summed E-state index contributed by atoms with van der Waals surface area (Å²) in [6, 6.07) is 5.88. The van der Waals surface area contributed by atoms with Crippen molar-refractivity contribution >= 4 is 17.5 Å². The minimum Gasteiger partial charge on any atom is -0.348 e. The summed E-state index contributed by atoms with van der Waals surface area (Å²) in [7, 11) is 0. The Hall–Kier alpha value is -1.06. The number of carbonyl (C=O) groups is 1. The molecule has 2 N–H and O–H groups in total. The highest BCUT2D eigenvalue weighted by molar-refractivity contribution is 6.30. The topological polar surface area (TPSA) is 41.1 Å². The first-order chi connectivity index (χ1) is 8.08. The van der Waals surface area contributed by atoms with E-state index >= 15 is 0 Å². The standard InChI is InChI=1S/C13H17ClN2O/c1-8(2)13(17)16-12-7-15-6-9-5-10(14)3-4-11(9)12/h3-5,8,12,15H,6-7H2,1-2H3,(H,16,17). The molecule has 0 spiro atoms. The molecule has 0 radical (unpaired) electrons. The summed E-state index contributed by atoms with van der Waals surface area (Å²) in [5.41, 5.74) is 2.33. The monoisotopic (exact) mass is 252 g/mol. The van der Waals surface area contributed by atoms with E-state index in [1.54, 1.807) is 0 Å². The van der Waals surface area contributed by atoms with Gasteiger partial charge >= 0.3 is 0 Å². The van der Waals surface area contributed by atoms with Gasteiger partial charge in [0.1, 0.15) is 0 Å². The number of fused-ring (bicyclic) bond motifs is 1. The maximum atomic E-state index is 11.7. The van der Waals surface area contributed by atoms with E-state index in [0.717, 1.165) is 23.7 Å². The molecule has 1 atom stereocenters. The van der Waals surface area contributed by atoms with Crippen LogP contribution in [0.25, 0.3) is 0 Å². The number of nitrogens with one attached hydrogen (secondary N) is 2. The van der Waals surface area contributed by atoms with Crippen LogP contribution in [-0.2, 0) is 11.3 Å². The fourth-order valence-electron chi connectivity index (χ4n) is 2.00. The van der Waals surface area contributed by atoms with Crippen LogP contribution in [-0.4, -0.2) is 12.5 Å². The van der Waals surface area contributed by atoms with Crippen molar-refractivity contribution in [2.24, 2.45) is 5.92 Å². The average Bonchev–Trinajstić information content (AvgIpc) is 2.28. The van der Waals surface area contributed by atoms with Crippen LogP contribution >= 0.6 is 11.6 Å². The first-order valence-electron chi connectivity index (χ1n) is 5.87. The van der Waals surface area contributed by atoms with Gasteiger partial charge in [-0.3, -0.25) is 4.79 Å². The van der Waals surface area contributed by atoms with Gasteiger partial charge in [-0.05, 0) is 23.3 Å². The molecule has 1 aliphatic rings. The molecule has 0 saturated heterocycles. The van der Waals surface area contributed by atoms with Gasteiger partial charge in [0.15, 0.2) is 0 Å². The van der Waals surface area contributed by atoms with Gasteiger partial charge in [0, 0.05) is 24.0 Å². The zero-order valence-corrected chi connectivity index (χ0v) is 10.8. The maximum absolute atomic E-state index is 11.7. The van der Waals surface area contributed by atoms with Crippen LogP contribution in [0.4, 0.5) is 0 Å². The Balaban J connectivity index is 2.20. The van der Waals surface area contributed by atoms with Crippen LogP contribution in [0, 0.1) is 5.92 Å². The van der Waals surface area contributed by atoms with Crippen molar-refractivity contribution in [2.45, 2.75) is 26.4 Å². The lowest BCUT2D eigenvalue weighted by Gasteiger charge is -2.28. The molecule has 0 aliphatic carbocycles. The van der Waals surface area contributed by atoms with Crippen molar-refractivity contribution in [3.8, 4) is 0 Å². The first kappa shape index (κ1) is 12.4. The number of benzene rings is 1. The number of hydrogen-bond acceptors (Lipinski definition) is 2. The molecule has 0 saturated carbocycles. The van der Waals surface area contributed by atoms with Crippen molar-refractivity contribution in [1.29, 1.82) is 0 Å². The summed E-state index contributed by atoms with van der Waals surface area (Å²) in [5.74, 6) is 0.0901. The third-order valence-electron chi connectivity index (χ3n) is 2.99. The average molecular weight is 253 g/mol. The highest BCUT2D eigenvalue weighted by Crippen LogP contribution is 2.25. The normalized spacial score (nSPS) is 18.9. The largest absolute Gasteiger partial charge is 0.348 e. The molecule has 1 unspecified atom stereocenters. The van der Waals surface area contributed by atoms with Crippen molar-refractivity contribution in [2.75, 3.05) is 6.54 Å². The van der Waals surface area contributed by atoms with Gasteiger partial charge < -0.3 is 10.6 Å².